The number of nitrogens with zero attached hydrogens (tertiary/aromatic N) is 3. The van der Waals surface area contributed by atoms with E-state index in [4.69, 9.17) is 11.6 Å². The Bertz CT molecular complexity index is 581. The molecular weight excluding hydrogens is 330 g/mol. The first kappa shape index (κ1) is 17.1. The number of guanidine groups is 1. The van der Waals surface area contributed by atoms with Crippen molar-refractivity contribution >= 4 is 29.5 Å². The summed E-state index contributed by atoms with van der Waals surface area (Å²) in [5.41, 5.74) is 0. The molecule has 3 aliphatic rings. The minimum absolute atomic E-state index is 0.312. The van der Waals surface area contributed by atoms with Gasteiger partial charge in [-0.05, 0) is 19.8 Å². The lowest BCUT2D eigenvalue weighted by Gasteiger charge is -2.36. The fourth-order valence-corrected chi connectivity index (χ4v) is 3.57. The lowest BCUT2D eigenvalue weighted by atomic mass is 9.96. The van der Waals surface area contributed by atoms with Crippen LogP contribution >= 0.6 is 11.6 Å². The minimum Gasteiger partial charge on any atom is -0.353 e. The molecule has 1 aliphatic carbocycles. The van der Waals surface area contributed by atoms with Gasteiger partial charge in [0.05, 0.1) is 0 Å². The monoisotopic (exact) mass is 353 g/mol. The highest BCUT2D eigenvalue weighted by molar-refractivity contribution is 6.29. The van der Waals surface area contributed by atoms with E-state index < -0.39 is 18.2 Å². The van der Waals surface area contributed by atoms with E-state index in [-0.39, 0.29) is 5.91 Å². The van der Waals surface area contributed by atoms with Crippen molar-refractivity contribution in [1.82, 2.24) is 20.4 Å². The number of halogens is 1. The number of carbonyl (C=O) groups excluding carboxylic acids is 2. The molecule has 0 aromatic carbocycles. The maximum Gasteiger partial charge on any atom is 0.325 e. The van der Waals surface area contributed by atoms with Gasteiger partial charge in [-0.15, -0.1) is 0 Å². The van der Waals surface area contributed by atoms with Crippen LogP contribution in [0.3, 0.4) is 0 Å². The van der Waals surface area contributed by atoms with Crippen LogP contribution in [0.1, 0.15) is 39.0 Å². The van der Waals surface area contributed by atoms with E-state index in [1.54, 1.807) is 14.0 Å². The van der Waals surface area contributed by atoms with Gasteiger partial charge in [0.25, 0.3) is 5.91 Å². The smallest absolute Gasteiger partial charge is 0.325 e. The first-order valence-corrected chi connectivity index (χ1v) is 8.86. The molecule has 8 heteroatoms. The molecule has 132 valence electrons. The summed E-state index contributed by atoms with van der Waals surface area (Å²) in [6.07, 6.45) is 7.25. The normalized spacial score (nSPS) is 28.6. The Morgan fingerprint density at radius 3 is 2.75 bits per heavy atom. The molecule has 24 heavy (non-hydrogen) atoms. The number of fused-ring (bicyclic) bond motifs is 1. The number of nitrogens with one attached hydrogen (secondary N) is 2. The lowest BCUT2D eigenvalue weighted by Crippen LogP contribution is -2.64. The highest BCUT2D eigenvalue weighted by atomic mass is 35.5. The van der Waals surface area contributed by atoms with Gasteiger partial charge in [0.15, 0.2) is 18.2 Å². The molecule has 2 N–H and O–H groups in total. The number of rotatable bonds is 3. The number of imide groups is 1. The second-order valence-corrected chi connectivity index (χ2v) is 7.24. The van der Waals surface area contributed by atoms with E-state index in [1.807, 2.05) is 11.0 Å². The van der Waals surface area contributed by atoms with Crippen LogP contribution in [0.4, 0.5) is 4.79 Å². The van der Waals surface area contributed by atoms with E-state index in [0.29, 0.717) is 23.6 Å². The third kappa shape index (κ3) is 3.36. The second-order valence-electron chi connectivity index (χ2n) is 6.64. The number of urea groups is 1. The van der Waals surface area contributed by atoms with E-state index in [0.717, 1.165) is 12.8 Å². The standard InChI is InChI=1S/C16H24ClN5O2/c1-10(17)8-9-22-12-13(21(2)16(24)20-14(12)23)19-15(22)18-11-6-4-3-5-7-11/h8,11-13H,3-7,9H2,1-2H3,(H,18,19)(H,20,23,24)/b10-8-. The van der Waals surface area contributed by atoms with Gasteiger partial charge in [0.2, 0.25) is 0 Å². The lowest BCUT2D eigenvalue weighted by molar-refractivity contribution is -0.126. The molecule has 2 heterocycles. The maximum absolute atomic E-state index is 12.4. The average Bonchev–Trinajstić information content (AvgIpc) is 2.90. The summed E-state index contributed by atoms with van der Waals surface area (Å²) < 4.78 is 0. The van der Waals surface area contributed by atoms with E-state index in [9.17, 15) is 9.59 Å². The number of hydrogen-bond acceptors (Lipinski definition) is 5. The fraction of sp³-hybridized carbons (Fsp3) is 0.688. The molecule has 0 aromatic rings. The average molecular weight is 354 g/mol. The SMILES string of the molecule is C/C(Cl)=C/CN1C(NC2CCCCC2)=NC2C1C(=O)NC(=O)N2C. The third-order valence-corrected chi connectivity index (χ3v) is 5.02. The zero-order valence-corrected chi connectivity index (χ0v) is 14.8. The zero-order valence-electron chi connectivity index (χ0n) is 14.1. The fourth-order valence-electron chi connectivity index (χ4n) is 3.50. The van der Waals surface area contributed by atoms with E-state index in [1.165, 1.54) is 24.2 Å². The van der Waals surface area contributed by atoms with Crippen LogP contribution in [0, 0.1) is 0 Å². The number of amides is 3. The summed E-state index contributed by atoms with van der Waals surface area (Å²) in [7, 11) is 1.66. The summed E-state index contributed by atoms with van der Waals surface area (Å²) in [5.74, 6) is 0.371. The summed E-state index contributed by atoms with van der Waals surface area (Å²) in [4.78, 5) is 32.3. The van der Waals surface area contributed by atoms with Gasteiger partial charge in [0.1, 0.15) is 0 Å². The molecule has 0 bridgehead atoms. The molecule has 2 atom stereocenters. The predicted octanol–water partition coefficient (Wildman–Crippen LogP) is 1.60. The van der Waals surface area contributed by atoms with Crippen molar-refractivity contribution < 1.29 is 9.59 Å². The maximum atomic E-state index is 12.4. The van der Waals surface area contributed by atoms with Crippen LogP contribution in [0.2, 0.25) is 0 Å². The first-order valence-electron chi connectivity index (χ1n) is 8.48. The largest absolute Gasteiger partial charge is 0.353 e. The van der Waals surface area contributed by atoms with Crippen LogP contribution in [0.15, 0.2) is 16.1 Å². The van der Waals surface area contributed by atoms with Gasteiger partial charge in [0, 0.05) is 24.7 Å². The van der Waals surface area contributed by atoms with E-state index in [2.05, 4.69) is 15.6 Å². The van der Waals surface area contributed by atoms with Gasteiger partial charge in [-0.25, -0.2) is 9.79 Å². The minimum atomic E-state index is -0.522. The van der Waals surface area contributed by atoms with Gasteiger partial charge < -0.3 is 15.1 Å². The molecule has 0 spiro atoms. The Labute approximate surface area is 147 Å². The molecule has 1 saturated heterocycles. The van der Waals surface area contributed by atoms with Gasteiger partial charge in [-0.3, -0.25) is 10.1 Å². The number of allylic oxidation sites excluding steroid dienone is 1. The summed E-state index contributed by atoms with van der Waals surface area (Å²) in [5, 5.41) is 6.55. The molecule has 2 aliphatic heterocycles. The van der Waals surface area contributed by atoms with Crippen molar-refractivity contribution in [2.24, 2.45) is 4.99 Å². The molecule has 0 aromatic heterocycles. The Balaban J connectivity index is 1.83. The number of likely N-dealkylation sites (N-methyl/N-ethyl adjacent to an activating group) is 1. The van der Waals surface area contributed by atoms with Crippen molar-refractivity contribution in [2.45, 2.75) is 57.3 Å². The Morgan fingerprint density at radius 2 is 2.08 bits per heavy atom. The molecule has 3 amide bonds. The summed E-state index contributed by atoms with van der Waals surface area (Å²) in [6, 6.07) is -0.565. The summed E-state index contributed by atoms with van der Waals surface area (Å²) in [6.45, 7) is 2.28. The van der Waals surface area contributed by atoms with E-state index >= 15 is 0 Å². The Hall–Kier alpha value is -1.76. The van der Waals surface area contributed by atoms with Crippen molar-refractivity contribution in [1.29, 1.82) is 0 Å². The molecule has 2 unspecified atom stereocenters. The van der Waals surface area contributed by atoms with Crippen LogP contribution in [0.5, 0.6) is 0 Å². The van der Waals surface area contributed by atoms with Gasteiger partial charge in [-0.1, -0.05) is 36.9 Å². The van der Waals surface area contributed by atoms with Crippen LogP contribution in [0.25, 0.3) is 0 Å². The molecule has 0 radical (unpaired) electrons. The number of hydrogen-bond donors (Lipinski definition) is 2. The molecule has 1 saturated carbocycles. The number of carbonyl (C=O) groups is 2. The van der Waals surface area contributed by atoms with Crippen molar-refractivity contribution in [3.8, 4) is 0 Å². The molecule has 2 fully saturated rings. The van der Waals surface area contributed by atoms with Crippen LogP contribution in [-0.2, 0) is 4.79 Å². The molecular formula is C16H24ClN5O2. The van der Waals surface area contributed by atoms with Crippen molar-refractivity contribution in [3.05, 3.63) is 11.1 Å². The van der Waals surface area contributed by atoms with Crippen LogP contribution in [-0.4, -0.2) is 59.5 Å². The Morgan fingerprint density at radius 1 is 1.38 bits per heavy atom. The first-order chi connectivity index (χ1) is 11.5. The molecule has 3 rings (SSSR count). The highest BCUT2D eigenvalue weighted by Crippen LogP contribution is 2.25. The summed E-state index contributed by atoms with van der Waals surface area (Å²) >= 11 is 5.97. The predicted molar refractivity (Wildman–Crippen MR) is 92.6 cm³/mol. The third-order valence-electron chi connectivity index (χ3n) is 4.87. The quantitative estimate of drug-likeness (QED) is 0.808. The van der Waals surface area contributed by atoms with Gasteiger partial charge >= 0.3 is 6.03 Å². The topological polar surface area (TPSA) is 77.0 Å². The molecule has 7 nitrogen and oxygen atoms in total. The van der Waals surface area contributed by atoms with Crippen molar-refractivity contribution in [2.75, 3.05) is 13.6 Å². The number of aliphatic imine (C=N–C) groups is 1. The zero-order chi connectivity index (χ0) is 17.3. The highest BCUT2D eigenvalue weighted by Gasteiger charge is 2.48. The van der Waals surface area contributed by atoms with Crippen molar-refractivity contribution in [3.63, 3.8) is 0 Å². The van der Waals surface area contributed by atoms with Gasteiger partial charge in [-0.2, -0.15) is 0 Å². The van der Waals surface area contributed by atoms with Crippen LogP contribution < -0.4 is 10.6 Å². The second kappa shape index (κ2) is 7.01. The Kier molecular flexibility index (Phi) is 4.99.